The molecule has 0 saturated heterocycles. The van der Waals surface area contributed by atoms with Crippen LogP contribution < -0.4 is 5.84 Å². The van der Waals surface area contributed by atoms with Crippen LogP contribution in [0.5, 0.6) is 5.75 Å². The second kappa shape index (κ2) is 2.87. The largest absolute Gasteiger partial charge is 0.508 e. The van der Waals surface area contributed by atoms with Crippen LogP contribution in [0, 0.1) is 0 Å². The SMILES string of the molecule is NN=Cc1cccc(O)c1. The van der Waals surface area contributed by atoms with E-state index in [1.165, 1.54) is 6.21 Å². The Labute approximate surface area is 58.8 Å². The van der Waals surface area contributed by atoms with Crippen molar-refractivity contribution < 1.29 is 5.11 Å². The molecule has 1 aromatic rings. The third-order valence-electron chi connectivity index (χ3n) is 1.09. The lowest BCUT2D eigenvalue weighted by molar-refractivity contribution is 0.475. The highest BCUT2D eigenvalue weighted by molar-refractivity contribution is 5.79. The summed E-state index contributed by atoms with van der Waals surface area (Å²) in [6, 6.07) is 6.70. The van der Waals surface area contributed by atoms with Crippen molar-refractivity contribution >= 4 is 6.21 Å². The average molecular weight is 136 g/mol. The number of hydrogen-bond acceptors (Lipinski definition) is 3. The maximum absolute atomic E-state index is 8.94. The van der Waals surface area contributed by atoms with Crippen molar-refractivity contribution in [2.45, 2.75) is 0 Å². The van der Waals surface area contributed by atoms with Crippen molar-refractivity contribution in [3.63, 3.8) is 0 Å². The number of nitrogens with two attached hydrogens (primary N) is 1. The molecule has 10 heavy (non-hydrogen) atoms. The summed E-state index contributed by atoms with van der Waals surface area (Å²) >= 11 is 0. The van der Waals surface area contributed by atoms with Crippen LogP contribution in [-0.4, -0.2) is 11.3 Å². The van der Waals surface area contributed by atoms with Crippen molar-refractivity contribution in [2.75, 3.05) is 0 Å². The molecular formula is C7H8N2O. The van der Waals surface area contributed by atoms with Crippen LogP contribution in [0.25, 0.3) is 0 Å². The third kappa shape index (κ3) is 1.48. The fraction of sp³-hybridized carbons (Fsp3) is 0. The number of nitrogens with zero attached hydrogens (tertiary/aromatic N) is 1. The number of rotatable bonds is 1. The van der Waals surface area contributed by atoms with E-state index in [0.29, 0.717) is 0 Å². The van der Waals surface area contributed by atoms with Gasteiger partial charge >= 0.3 is 0 Å². The Morgan fingerprint density at radius 2 is 2.30 bits per heavy atom. The van der Waals surface area contributed by atoms with Gasteiger partial charge in [-0.3, -0.25) is 0 Å². The van der Waals surface area contributed by atoms with Crippen molar-refractivity contribution in [1.82, 2.24) is 0 Å². The molecule has 3 nitrogen and oxygen atoms in total. The Bertz CT molecular complexity index is 245. The molecule has 0 aromatic heterocycles. The van der Waals surface area contributed by atoms with Gasteiger partial charge in [0.1, 0.15) is 5.75 Å². The summed E-state index contributed by atoms with van der Waals surface area (Å²) in [5.74, 6) is 5.12. The molecule has 0 aliphatic rings. The first-order chi connectivity index (χ1) is 4.83. The predicted octanol–water partition coefficient (Wildman–Crippen LogP) is 0.685. The average Bonchev–Trinajstić information content (AvgIpc) is 1.88. The van der Waals surface area contributed by atoms with Crippen molar-refractivity contribution in [3.05, 3.63) is 29.8 Å². The van der Waals surface area contributed by atoms with E-state index < -0.39 is 0 Å². The van der Waals surface area contributed by atoms with E-state index in [2.05, 4.69) is 5.10 Å². The maximum atomic E-state index is 8.94. The molecule has 0 atom stereocenters. The predicted molar refractivity (Wildman–Crippen MR) is 39.9 cm³/mol. The van der Waals surface area contributed by atoms with Gasteiger partial charge in [-0.25, -0.2) is 0 Å². The summed E-state index contributed by atoms with van der Waals surface area (Å²) in [4.78, 5) is 0. The van der Waals surface area contributed by atoms with Crippen molar-refractivity contribution in [1.29, 1.82) is 0 Å². The zero-order chi connectivity index (χ0) is 7.40. The maximum Gasteiger partial charge on any atom is 0.116 e. The van der Waals surface area contributed by atoms with Gasteiger partial charge in [0.05, 0.1) is 6.21 Å². The smallest absolute Gasteiger partial charge is 0.116 e. The Hall–Kier alpha value is -1.51. The summed E-state index contributed by atoms with van der Waals surface area (Å²) in [5, 5.41) is 12.2. The molecule has 0 amide bonds. The molecular weight excluding hydrogens is 128 g/mol. The summed E-state index contributed by atoms with van der Waals surface area (Å²) in [6.07, 6.45) is 1.47. The molecule has 3 heteroatoms. The number of phenols is 1. The Kier molecular flexibility index (Phi) is 1.89. The van der Waals surface area contributed by atoms with E-state index in [0.717, 1.165) is 5.56 Å². The zero-order valence-corrected chi connectivity index (χ0v) is 5.36. The molecule has 0 bridgehead atoms. The summed E-state index contributed by atoms with van der Waals surface area (Å²) in [5.41, 5.74) is 0.794. The lowest BCUT2D eigenvalue weighted by Gasteiger charge is -1.91. The van der Waals surface area contributed by atoms with Gasteiger partial charge in [-0.1, -0.05) is 12.1 Å². The number of hydrazone groups is 1. The molecule has 0 aliphatic carbocycles. The van der Waals surface area contributed by atoms with Crippen LogP contribution in [0.15, 0.2) is 29.4 Å². The fourth-order valence-corrected chi connectivity index (χ4v) is 0.691. The first-order valence-corrected chi connectivity index (χ1v) is 2.85. The van der Waals surface area contributed by atoms with E-state index >= 15 is 0 Å². The third-order valence-corrected chi connectivity index (χ3v) is 1.09. The van der Waals surface area contributed by atoms with E-state index in [1.807, 2.05) is 0 Å². The summed E-state index contributed by atoms with van der Waals surface area (Å²) < 4.78 is 0. The highest BCUT2D eigenvalue weighted by atomic mass is 16.3. The number of phenolic OH excluding ortho intramolecular Hbond substituents is 1. The van der Waals surface area contributed by atoms with Gasteiger partial charge in [-0.15, -0.1) is 0 Å². The molecule has 0 spiro atoms. The van der Waals surface area contributed by atoms with Crippen LogP contribution in [0.3, 0.4) is 0 Å². The van der Waals surface area contributed by atoms with Crippen LogP contribution in [0.2, 0.25) is 0 Å². The van der Waals surface area contributed by atoms with Crippen LogP contribution in [0.1, 0.15) is 5.56 Å². The Balaban J connectivity index is 2.95. The second-order valence-electron chi connectivity index (χ2n) is 1.87. The number of benzene rings is 1. The quantitative estimate of drug-likeness (QED) is 0.339. The minimum Gasteiger partial charge on any atom is -0.508 e. The molecule has 0 saturated carbocycles. The van der Waals surface area contributed by atoms with Gasteiger partial charge in [0.25, 0.3) is 0 Å². The minimum absolute atomic E-state index is 0.220. The zero-order valence-electron chi connectivity index (χ0n) is 5.36. The Morgan fingerprint density at radius 3 is 2.90 bits per heavy atom. The van der Waals surface area contributed by atoms with E-state index in [-0.39, 0.29) is 5.75 Å². The highest BCUT2D eigenvalue weighted by Gasteiger charge is 1.87. The molecule has 1 rings (SSSR count). The summed E-state index contributed by atoms with van der Waals surface area (Å²) in [7, 11) is 0. The minimum atomic E-state index is 0.220. The molecule has 52 valence electrons. The normalized spacial score (nSPS) is 10.4. The van der Waals surface area contributed by atoms with Crippen LogP contribution in [-0.2, 0) is 0 Å². The van der Waals surface area contributed by atoms with Gasteiger partial charge in [0.15, 0.2) is 0 Å². The van der Waals surface area contributed by atoms with Gasteiger partial charge < -0.3 is 10.9 Å². The molecule has 1 aromatic carbocycles. The first kappa shape index (κ1) is 6.61. The van der Waals surface area contributed by atoms with Crippen LogP contribution in [0.4, 0.5) is 0 Å². The molecule has 3 N–H and O–H groups in total. The standard InChI is InChI=1S/C7H8N2O/c8-9-5-6-2-1-3-7(10)4-6/h1-5,10H,8H2. The summed E-state index contributed by atoms with van der Waals surface area (Å²) in [6.45, 7) is 0. The fourth-order valence-electron chi connectivity index (χ4n) is 0.691. The van der Waals surface area contributed by atoms with Crippen molar-refractivity contribution in [3.8, 4) is 5.75 Å². The van der Waals surface area contributed by atoms with Crippen LogP contribution >= 0.6 is 0 Å². The van der Waals surface area contributed by atoms with Gasteiger partial charge in [-0.05, 0) is 17.7 Å². The highest BCUT2D eigenvalue weighted by Crippen LogP contribution is 2.08. The monoisotopic (exact) mass is 136 g/mol. The van der Waals surface area contributed by atoms with Gasteiger partial charge in [0.2, 0.25) is 0 Å². The van der Waals surface area contributed by atoms with Crippen molar-refractivity contribution in [2.24, 2.45) is 10.9 Å². The molecule has 0 radical (unpaired) electrons. The first-order valence-electron chi connectivity index (χ1n) is 2.85. The number of hydrogen-bond donors (Lipinski definition) is 2. The van der Waals surface area contributed by atoms with Gasteiger partial charge in [0, 0.05) is 0 Å². The topological polar surface area (TPSA) is 58.6 Å². The van der Waals surface area contributed by atoms with E-state index in [9.17, 15) is 0 Å². The lowest BCUT2D eigenvalue weighted by Crippen LogP contribution is -1.84. The number of aromatic hydroxyl groups is 1. The van der Waals surface area contributed by atoms with E-state index in [4.69, 9.17) is 10.9 Å². The molecule has 0 aliphatic heterocycles. The lowest BCUT2D eigenvalue weighted by atomic mass is 10.2. The van der Waals surface area contributed by atoms with E-state index in [1.54, 1.807) is 24.3 Å². The Morgan fingerprint density at radius 1 is 1.50 bits per heavy atom. The second-order valence-corrected chi connectivity index (χ2v) is 1.87. The van der Waals surface area contributed by atoms with Gasteiger partial charge in [-0.2, -0.15) is 5.10 Å². The molecule has 0 heterocycles. The molecule has 0 fully saturated rings. The molecule has 0 unspecified atom stereocenters.